The van der Waals surface area contributed by atoms with E-state index in [2.05, 4.69) is 0 Å². The van der Waals surface area contributed by atoms with Gasteiger partial charge in [-0.25, -0.2) is 0 Å². The van der Waals surface area contributed by atoms with Crippen LogP contribution in [0.5, 0.6) is 0 Å². The Morgan fingerprint density at radius 3 is 1.08 bits per heavy atom. The average Bonchev–Trinajstić information content (AvgIpc) is 2.83. The standard InChI is InChI=1S/C18H9N6O12P/c25-19(26)11-6-8-13(17(23(33)34)15(11)21(29)30)37(10-4-2-1-3-5-10)14-9-7-12(20(27)28)16(22(31)32)18(14)24(35)36/h1-9H. The molecular weight excluding hydrogens is 523 g/mol. The summed E-state index contributed by atoms with van der Waals surface area (Å²) in [5.74, 6) is 0. The molecule has 0 bridgehead atoms. The molecule has 0 spiro atoms. The summed E-state index contributed by atoms with van der Waals surface area (Å²) in [5.41, 5.74) is -8.18. The Balaban J connectivity index is 2.59. The Hall–Kier alpha value is -5.51. The van der Waals surface area contributed by atoms with Crippen molar-refractivity contribution in [3.63, 3.8) is 0 Å². The first kappa shape index (κ1) is 26.1. The second kappa shape index (κ2) is 10.0. The number of rotatable bonds is 9. The Kier molecular flexibility index (Phi) is 7.06. The lowest BCUT2D eigenvalue weighted by Gasteiger charge is -2.18. The molecular formula is C18H9N6O12P. The van der Waals surface area contributed by atoms with E-state index < -0.39 is 82.2 Å². The number of nitro groups is 6. The van der Waals surface area contributed by atoms with E-state index in [4.69, 9.17) is 0 Å². The quantitative estimate of drug-likeness (QED) is 0.219. The molecule has 3 aromatic carbocycles. The highest BCUT2D eigenvalue weighted by atomic mass is 31.1. The largest absolute Gasteiger partial charge is 0.423 e. The SMILES string of the molecule is O=[N+]([O-])c1ccc(P(c2ccccc2)c2ccc([N+](=O)[O-])c([N+](=O)[O-])c2[N+](=O)[O-])c([N+](=O)[O-])c1[N+](=O)[O-]. The third-order valence-electron chi connectivity index (χ3n) is 4.84. The van der Waals surface area contributed by atoms with Gasteiger partial charge in [0.05, 0.1) is 40.1 Å². The third-order valence-corrected chi connectivity index (χ3v) is 7.34. The molecule has 0 N–H and O–H groups in total. The van der Waals surface area contributed by atoms with E-state index >= 15 is 0 Å². The highest BCUT2D eigenvalue weighted by Gasteiger charge is 2.45. The summed E-state index contributed by atoms with van der Waals surface area (Å²) in [6.45, 7) is 0. The maximum absolute atomic E-state index is 12.0. The van der Waals surface area contributed by atoms with Crippen LogP contribution in [0.15, 0.2) is 54.6 Å². The summed E-state index contributed by atoms with van der Waals surface area (Å²) in [6.07, 6.45) is 0. The molecule has 0 unspecified atom stereocenters. The summed E-state index contributed by atoms with van der Waals surface area (Å²) < 4.78 is 0. The molecule has 3 rings (SSSR count). The van der Waals surface area contributed by atoms with Crippen molar-refractivity contribution in [3.05, 3.63) is 115 Å². The predicted octanol–water partition coefficient (Wildman–Crippen LogP) is 2.89. The van der Waals surface area contributed by atoms with Gasteiger partial charge in [-0.1, -0.05) is 30.3 Å². The van der Waals surface area contributed by atoms with Gasteiger partial charge in [-0.2, -0.15) is 0 Å². The Morgan fingerprint density at radius 1 is 0.432 bits per heavy atom. The average molecular weight is 532 g/mol. The van der Waals surface area contributed by atoms with Crippen molar-refractivity contribution in [2.24, 2.45) is 0 Å². The zero-order valence-electron chi connectivity index (χ0n) is 17.7. The smallest absolute Gasteiger partial charge is 0.258 e. The van der Waals surface area contributed by atoms with Crippen LogP contribution in [0.2, 0.25) is 0 Å². The van der Waals surface area contributed by atoms with Gasteiger partial charge in [0, 0.05) is 20.1 Å². The van der Waals surface area contributed by atoms with Crippen LogP contribution in [0.3, 0.4) is 0 Å². The summed E-state index contributed by atoms with van der Waals surface area (Å²) >= 11 is 0. The van der Waals surface area contributed by atoms with Crippen molar-refractivity contribution in [1.29, 1.82) is 0 Å². The first-order valence-corrected chi connectivity index (χ1v) is 10.8. The molecule has 37 heavy (non-hydrogen) atoms. The molecule has 188 valence electrons. The van der Waals surface area contributed by atoms with Crippen LogP contribution in [0.4, 0.5) is 34.1 Å². The molecule has 0 aliphatic carbocycles. The number of hydrogen-bond acceptors (Lipinski definition) is 12. The lowest BCUT2D eigenvalue weighted by atomic mass is 10.2. The molecule has 3 aromatic rings. The second-order valence-corrected chi connectivity index (χ2v) is 8.97. The Bertz CT molecular complexity index is 1420. The highest BCUT2D eigenvalue weighted by Crippen LogP contribution is 2.47. The zero-order valence-corrected chi connectivity index (χ0v) is 18.6. The minimum absolute atomic E-state index is 0.0648. The molecule has 0 aromatic heterocycles. The van der Waals surface area contributed by atoms with Gasteiger partial charge in [-0.15, -0.1) is 0 Å². The molecule has 0 saturated heterocycles. The van der Waals surface area contributed by atoms with E-state index in [1.807, 2.05) is 0 Å². The normalized spacial score (nSPS) is 10.6. The van der Waals surface area contributed by atoms with E-state index in [9.17, 15) is 60.7 Å². The van der Waals surface area contributed by atoms with E-state index in [1.54, 1.807) is 0 Å². The van der Waals surface area contributed by atoms with Crippen LogP contribution in [-0.2, 0) is 0 Å². The highest BCUT2D eigenvalue weighted by molar-refractivity contribution is 7.80. The number of nitro benzene ring substituents is 6. The summed E-state index contributed by atoms with van der Waals surface area (Å²) in [4.78, 5) is 62.3. The Morgan fingerprint density at radius 2 is 0.784 bits per heavy atom. The van der Waals surface area contributed by atoms with E-state index in [0.29, 0.717) is 12.1 Å². The Labute approximate surface area is 203 Å². The molecule has 0 radical (unpaired) electrons. The van der Waals surface area contributed by atoms with Crippen molar-refractivity contribution in [3.8, 4) is 0 Å². The molecule has 0 atom stereocenters. The fourth-order valence-electron chi connectivity index (χ4n) is 3.48. The molecule has 19 heteroatoms. The number of hydrogen-bond donors (Lipinski definition) is 0. The van der Waals surface area contributed by atoms with Crippen LogP contribution >= 0.6 is 7.92 Å². The lowest BCUT2D eigenvalue weighted by Crippen LogP contribution is -2.26. The molecule has 18 nitrogen and oxygen atoms in total. The van der Waals surface area contributed by atoms with Crippen LogP contribution in [0.25, 0.3) is 0 Å². The van der Waals surface area contributed by atoms with Crippen molar-refractivity contribution >= 4 is 58.0 Å². The first-order chi connectivity index (χ1) is 17.4. The van der Waals surface area contributed by atoms with Crippen molar-refractivity contribution < 1.29 is 29.5 Å². The number of benzene rings is 3. The second-order valence-electron chi connectivity index (χ2n) is 6.82. The van der Waals surface area contributed by atoms with Crippen molar-refractivity contribution in [1.82, 2.24) is 0 Å². The van der Waals surface area contributed by atoms with Gasteiger partial charge in [0.2, 0.25) is 0 Å². The summed E-state index contributed by atoms with van der Waals surface area (Å²) in [6, 6.07) is 9.73. The topological polar surface area (TPSA) is 259 Å². The summed E-state index contributed by atoms with van der Waals surface area (Å²) in [7, 11) is -2.64. The van der Waals surface area contributed by atoms with Gasteiger partial charge in [0.1, 0.15) is 0 Å². The monoisotopic (exact) mass is 532 g/mol. The van der Waals surface area contributed by atoms with E-state index in [0.717, 1.165) is 12.1 Å². The molecule has 0 heterocycles. The molecule has 0 aliphatic rings. The zero-order chi connectivity index (χ0) is 27.6. The van der Waals surface area contributed by atoms with E-state index in [-0.39, 0.29) is 5.30 Å². The minimum atomic E-state index is -2.64. The van der Waals surface area contributed by atoms with Crippen molar-refractivity contribution in [2.75, 3.05) is 0 Å². The fourth-order valence-corrected chi connectivity index (χ4v) is 6.01. The van der Waals surface area contributed by atoms with Gasteiger partial charge >= 0.3 is 34.1 Å². The van der Waals surface area contributed by atoms with Gasteiger partial charge < -0.3 is 0 Å². The third kappa shape index (κ3) is 4.71. The molecule has 0 fully saturated rings. The maximum atomic E-state index is 12.0. The van der Waals surface area contributed by atoms with Crippen molar-refractivity contribution in [2.45, 2.75) is 0 Å². The predicted molar refractivity (Wildman–Crippen MR) is 125 cm³/mol. The van der Waals surface area contributed by atoms with Gasteiger partial charge in [-0.3, -0.25) is 60.7 Å². The first-order valence-electron chi connectivity index (χ1n) is 9.44. The van der Waals surface area contributed by atoms with Gasteiger partial charge in [-0.05, 0) is 17.4 Å². The van der Waals surface area contributed by atoms with Crippen LogP contribution in [0.1, 0.15) is 0 Å². The van der Waals surface area contributed by atoms with Crippen LogP contribution in [0, 0.1) is 60.7 Å². The molecule has 0 saturated carbocycles. The van der Waals surface area contributed by atoms with E-state index in [1.165, 1.54) is 30.3 Å². The minimum Gasteiger partial charge on any atom is -0.258 e. The number of nitrogens with zero attached hydrogens (tertiary/aromatic N) is 6. The van der Waals surface area contributed by atoms with Gasteiger partial charge in [0.25, 0.3) is 0 Å². The van der Waals surface area contributed by atoms with Crippen LogP contribution in [-0.4, -0.2) is 29.5 Å². The maximum Gasteiger partial charge on any atom is 0.423 e. The van der Waals surface area contributed by atoms with Gasteiger partial charge in [0.15, 0.2) is 0 Å². The fraction of sp³-hybridized carbons (Fsp3) is 0. The molecule has 0 aliphatic heterocycles. The molecule has 0 amide bonds. The lowest BCUT2D eigenvalue weighted by molar-refractivity contribution is -0.440. The van der Waals surface area contributed by atoms with Crippen LogP contribution < -0.4 is 15.9 Å². The summed E-state index contributed by atoms with van der Waals surface area (Å²) in [5, 5.41) is 68.9.